The fourth-order valence-electron chi connectivity index (χ4n) is 4.10. The molecule has 0 saturated carbocycles. The molecule has 2 saturated heterocycles. The number of ether oxygens (including phenoxy) is 1. The summed E-state index contributed by atoms with van der Waals surface area (Å²) < 4.78 is 7.00. The molecule has 0 aliphatic carbocycles. The van der Waals surface area contributed by atoms with Crippen LogP contribution in [-0.4, -0.2) is 76.4 Å². The van der Waals surface area contributed by atoms with E-state index in [0.29, 0.717) is 11.8 Å². The molecular weight excluding hydrogens is 358 g/mol. The van der Waals surface area contributed by atoms with Gasteiger partial charge in [0.15, 0.2) is 0 Å². The van der Waals surface area contributed by atoms with Gasteiger partial charge in [-0.15, -0.1) is 0 Å². The number of piperazine rings is 1. The molecule has 28 heavy (non-hydrogen) atoms. The molecule has 1 atom stereocenters. The molecule has 2 aromatic heterocycles. The Bertz CT molecular complexity index is 845. The smallest absolute Gasteiger partial charge is 0.245 e. The van der Waals surface area contributed by atoms with E-state index in [1.807, 2.05) is 24.9 Å². The molecular formula is C19H27N7O2. The second-order valence-corrected chi connectivity index (χ2v) is 7.34. The summed E-state index contributed by atoms with van der Waals surface area (Å²) in [6.45, 7) is 5.93. The van der Waals surface area contributed by atoms with Gasteiger partial charge in [-0.3, -0.25) is 19.3 Å². The Hall–Kier alpha value is -2.68. The number of aromatic nitrogens is 4. The van der Waals surface area contributed by atoms with Gasteiger partial charge >= 0.3 is 0 Å². The van der Waals surface area contributed by atoms with Crippen molar-refractivity contribution in [3.8, 4) is 5.88 Å². The van der Waals surface area contributed by atoms with Gasteiger partial charge in [0.25, 0.3) is 0 Å². The van der Waals surface area contributed by atoms with E-state index in [9.17, 15) is 4.79 Å². The minimum atomic E-state index is -0.0719. The molecule has 0 radical (unpaired) electrons. The number of amides is 1. The lowest BCUT2D eigenvalue weighted by Crippen LogP contribution is -2.58. The molecule has 0 unspecified atom stereocenters. The number of nitrogens with zero attached hydrogens (tertiary/aromatic N) is 7. The van der Waals surface area contributed by atoms with E-state index >= 15 is 0 Å². The first-order valence-corrected chi connectivity index (χ1v) is 9.75. The van der Waals surface area contributed by atoms with Crippen LogP contribution in [0.25, 0.3) is 0 Å². The Morgan fingerprint density at radius 1 is 1.18 bits per heavy atom. The maximum absolute atomic E-state index is 13.2. The van der Waals surface area contributed by atoms with E-state index < -0.39 is 0 Å². The normalized spacial score (nSPS) is 21.2. The zero-order valence-corrected chi connectivity index (χ0v) is 16.7. The highest BCUT2D eigenvalue weighted by Crippen LogP contribution is 2.25. The summed E-state index contributed by atoms with van der Waals surface area (Å²) in [5.74, 6) is 2.31. The third-order valence-electron chi connectivity index (χ3n) is 5.53. The monoisotopic (exact) mass is 385 g/mol. The van der Waals surface area contributed by atoms with Crippen LogP contribution >= 0.6 is 0 Å². The largest absolute Gasteiger partial charge is 0.481 e. The molecule has 0 aromatic carbocycles. The number of rotatable bonds is 4. The molecule has 0 spiro atoms. The highest BCUT2D eigenvalue weighted by atomic mass is 16.5. The average Bonchev–Trinajstić information content (AvgIpc) is 3.06. The number of methoxy groups -OCH3 is 1. The lowest BCUT2D eigenvalue weighted by molar-refractivity contribution is -0.125. The van der Waals surface area contributed by atoms with Crippen molar-refractivity contribution in [3.05, 3.63) is 24.0 Å². The van der Waals surface area contributed by atoms with Crippen LogP contribution in [-0.2, 0) is 11.8 Å². The third kappa shape index (κ3) is 3.54. The topological polar surface area (TPSA) is 79.6 Å². The Kier molecular flexibility index (Phi) is 5.17. The van der Waals surface area contributed by atoms with E-state index in [4.69, 9.17) is 4.74 Å². The number of hydrogen-bond acceptors (Lipinski definition) is 7. The van der Waals surface area contributed by atoms with Gasteiger partial charge in [-0.05, 0) is 19.8 Å². The minimum Gasteiger partial charge on any atom is -0.481 e. The van der Waals surface area contributed by atoms with Crippen LogP contribution in [0.15, 0.2) is 18.3 Å². The van der Waals surface area contributed by atoms with E-state index in [-0.39, 0.29) is 11.9 Å². The second kappa shape index (κ2) is 7.75. The van der Waals surface area contributed by atoms with E-state index in [1.54, 1.807) is 24.1 Å². The van der Waals surface area contributed by atoms with Crippen LogP contribution < -0.4 is 14.5 Å². The van der Waals surface area contributed by atoms with Crippen molar-refractivity contribution in [2.75, 3.05) is 49.6 Å². The van der Waals surface area contributed by atoms with E-state index in [1.165, 1.54) is 0 Å². The maximum Gasteiger partial charge on any atom is 0.245 e. The fourth-order valence-corrected chi connectivity index (χ4v) is 4.10. The molecule has 0 N–H and O–H groups in total. The molecule has 4 heterocycles. The molecule has 9 nitrogen and oxygen atoms in total. The van der Waals surface area contributed by atoms with Gasteiger partial charge in [0.2, 0.25) is 17.7 Å². The Morgan fingerprint density at radius 3 is 2.64 bits per heavy atom. The Morgan fingerprint density at radius 2 is 1.96 bits per heavy atom. The predicted octanol–water partition coefficient (Wildman–Crippen LogP) is 0.845. The molecule has 2 fully saturated rings. The first-order valence-electron chi connectivity index (χ1n) is 9.75. The van der Waals surface area contributed by atoms with Crippen LogP contribution in [0.1, 0.15) is 18.5 Å². The van der Waals surface area contributed by atoms with E-state index in [2.05, 4.69) is 24.9 Å². The standard InChI is InChI=1S/C19H27N7O2/c1-14-13-17(23(2)22-14)26-8-4-5-15(18(26)27)24-9-11-25(12-10-24)19-20-7-6-16(21-19)28-3/h6-7,13,15H,4-5,8-12H2,1-3H3/t15-/m0/s1. The Labute approximate surface area is 164 Å². The van der Waals surface area contributed by atoms with Crippen LogP contribution in [0.4, 0.5) is 11.8 Å². The zero-order valence-electron chi connectivity index (χ0n) is 16.7. The molecule has 9 heteroatoms. The summed E-state index contributed by atoms with van der Waals surface area (Å²) in [5, 5.41) is 4.39. The quantitative estimate of drug-likeness (QED) is 0.772. The first-order chi connectivity index (χ1) is 13.6. The summed E-state index contributed by atoms with van der Waals surface area (Å²) in [6.07, 6.45) is 3.62. The van der Waals surface area contributed by atoms with Crippen LogP contribution in [0, 0.1) is 6.92 Å². The lowest BCUT2D eigenvalue weighted by atomic mass is 10.0. The summed E-state index contributed by atoms with van der Waals surface area (Å²) in [4.78, 5) is 28.3. The van der Waals surface area contributed by atoms with Crippen molar-refractivity contribution in [1.29, 1.82) is 0 Å². The SMILES string of the molecule is COc1ccnc(N2CCN([C@H]3CCCN(c4cc(C)nn4C)C3=O)CC2)n1. The third-order valence-corrected chi connectivity index (χ3v) is 5.53. The molecule has 2 aliphatic heterocycles. The van der Waals surface area contributed by atoms with Gasteiger partial charge in [0.05, 0.1) is 18.8 Å². The first kappa shape index (κ1) is 18.7. The number of anilines is 2. The van der Waals surface area contributed by atoms with Crippen molar-refractivity contribution in [3.63, 3.8) is 0 Å². The van der Waals surface area contributed by atoms with Crippen molar-refractivity contribution in [1.82, 2.24) is 24.6 Å². The highest BCUT2D eigenvalue weighted by Gasteiger charge is 2.36. The number of hydrogen-bond donors (Lipinski definition) is 0. The maximum atomic E-state index is 13.2. The van der Waals surface area contributed by atoms with Gasteiger partial charge in [-0.2, -0.15) is 10.1 Å². The van der Waals surface area contributed by atoms with Crippen molar-refractivity contribution >= 4 is 17.7 Å². The van der Waals surface area contributed by atoms with Gasteiger partial charge < -0.3 is 9.64 Å². The number of piperidine rings is 1. The van der Waals surface area contributed by atoms with Gasteiger partial charge in [0.1, 0.15) is 5.82 Å². The lowest BCUT2D eigenvalue weighted by Gasteiger charge is -2.42. The summed E-state index contributed by atoms with van der Waals surface area (Å²) >= 11 is 0. The Balaban J connectivity index is 1.42. The number of carbonyl (C=O) groups is 1. The predicted molar refractivity (Wildman–Crippen MR) is 106 cm³/mol. The summed E-state index contributed by atoms with van der Waals surface area (Å²) in [6, 6.07) is 3.66. The van der Waals surface area contributed by atoms with Gasteiger partial charge in [-0.25, -0.2) is 4.98 Å². The minimum absolute atomic E-state index is 0.0719. The van der Waals surface area contributed by atoms with Crippen LogP contribution in [0.3, 0.4) is 0 Å². The second-order valence-electron chi connectivity index (χ2n) is 7.34. The molecule has 2 aromatic rings. The summed E-state index contributed by atoms with van der Waals surface area (Å²) in [5.41, 5.74) is 0.930. The van der Waals surface area contributed by atoms with Crippen molar-refractivity contribution < 1.29 is 9.53 Å². The van der Waals surface area contributed by atoms with Crippen molar-refractivity contribution in [2.45, 2.75) is 25.8 Å². The molecule has 1 amide bonds. The van der Waals surface area contributed by atoms with Crippen molar-refractivity contribution in [2.24, 2.45) is 7.05 Å². The molecule has 2 aliphatic rings. The van der Waals surface area contributed by atoms with Crippen LogP contribution in [0.5, 0.6) is 5.88 Å². The van der Waals surface area contributed by atoms with E-state index in [0.717, 1.165) is 57.1 Å². The highest BCUT2D eigenvalue weighted by molar-refractivity contribution is 5.97. The zero-order chi connectivity index (χ0) is 19.7. The number of carbonyl (C=O) groups excluding carboxylic acids is 1. The van der Waals surface area contributed by atoms with Crippen LogP contribution in [0.2, 0.25) is 0 Å². The average molecular weight is 385 g/mol. The van der Waals surface area contributed by atoms with Gasteiger partial charge in [-0.1, -0.05) is 0 Å². The number of aryl methyl sites for hydroxylation is 2. The molecule has 4 rings (SSSR count). The fraction of sp³-hybridized carbons (Fsp3) is 0.579. The summed E-state index contributed by atoms with van der Waals surface area (Å²) in [7, 11) is 3.50. The molecule has 150 valence electrons. The molecule has 0 bridgehead atoms. The van der Waals surface area contributed by atoms with Gasteiger partial charge in [0, 0.05) is 58.1 Å².